The number of anilines is 3. The number of nitrogens with zero attached hydrogens (tertiary/aromatic N) is 6. The normalized spacial score (nSPS) is 25.4. The molecule has 0 radical (unpaired) electrons. The molecule has 3 fully saturated rings. The van der Waals surface area contributed by atoms with Crippen LogP contribution in [0, 0.1) is 17.2 Å². The summed E-state index contributed by atoms with van der Waals surface area (Å²) >= 11 is 1.52. The zero-order valence-electron chi connectivity index (χ0n) is 19.5. The summed E-state index contributed by atoms with van der Waals surface area (Å²) < 4.78 is 29.8. The summed E-state index contributed by atoms with van der Waals surface area (Å²) in [5.41, 5.74) is 0.598. The second-order valence-electron chi connectivity index (χ2n) is 9.63. The van der Waals surface area contributed by atoms with Crippen molar-refractivity contribution in [2.45, 2.75) is 56.8 Å². The van der Waals surface area contributed by atoms with Crippen LogP contribution >= 0.6 is 11.3 Å². The Morgan fingerprint density at radius 2 is 2.03 bits per heavy atom. The lowest BCUT2D eigenvalue weighted by atomic mass is 9.84. The zero-order valence-corrected chi connectivity index (χ0v) is 21.1. The fraction of sp³-hybridized carbons (Fsp3) is 0.545. The molecule has 3 aromatic rings. The number of nitrogens with one attached hydrogen (secondary N) is 3. The molecule has 12 nitrogen and oxygen atoms in total. The molecule has 0 amide bonds. The first-order valence-electron chi connectivity index (χ1n) is 12.1. The Balaban J connectivity index is 1.20. The SMILES string of the molecule is N#CC1CN(S(=O)(=O)N2[C@@H]3CCC[C@H]2CC(Nc2nc(Nc4cc(CO)[nH]n4)c4ccsc4n2)C3)C1. The minimum atomic E-state index is -3.57. The predicted molar refractivity (Wildman–Crippen MR) is 135 cm³/mol. The van der Waals surface area contributed by atoms with Gasteiger partial charge >= 0.3 is 0 Å². The van der Waals surface area contributed by atoms with E-state index < -0.39 is 10.2 Å². The highest BCUT2D eigenvalue weighted by Gasteiger charge is 2.49. The predicted octanol–water partition coefficient (Wildman–Crippen LogP) is 2.15. The van der Waals surface area contributed by atoms with Crippen LogP contribution in [0.5, 0.6) is 0 Å². The van der Waals surface area contributed by atoms with E-state index in [2.05, 4.69) is 26.9 Å². The van der Waals surface area contributed by atoms with Crippen LogP contribution in [0.2, 0.25) is 0 Å². The van der Waals surface area contributed by atoms with Crippen LogP contribution in [0.15, 0.2) is 17.5 Å². The van der Waals surface area contributed by atoms with Gasteiger partial charge in [0.25, 0.3) is 10.2 Å². The lowest BCUT2D eigenvalue weighted by Gasteiger charge is -2.50. The van der Waals surface area contributed by atoms with Gasteiger partial charge < -0.3 is 15.7 Å². The Kier molecular flexibility index (Phi) is 6.05. The van der Waals surface area contributed by atoms with Gasteiger partial charge in [-0.05, 0) is 37.1 Å². The first-order valence-corrected chi connectivity index (χ1v) is 14.3. The number of rotatable bonds is 7. The summed E-state index contributed by atoms with van der Waals surface area (Å²) in [7, 11) is -3.57. The maximum absolute atomic E-state index is 13.3. The Hall–Kier alpha value is -2.83. The van der Waals surface area contributed by atoms with Crippen molar-refractivity contribution in [3.05, 3.63) is 23.2 Å². The van der Waals surface area contributed by atoms with Gasteiger partial charge in [-0.3, -0.25) is 5.10 Å². The van der Waals surface area contributed by atoms with Gasteiger partial charge in [-0.15, -0.1) is 11.3 Å². The van der Waals surface area contributed by atoms with Gasteiger partial charge in [-0.25, -0.2) is 4.98 Å². The van der Waals surface area contributed by atoms with Gasteiger partial charge in [0.1, 0.15) is 10.6 Å². The molecule has 3 aliphatic rings. The van der Waals surface area contributed by atoms with Gasteiger partial charge in [0.15, 0.2) is 5.82 Å². The van der Waals surface area contributed by atoms with Gasteiger partial charge in [0, 0.05) is 37.3 Å². The largest absolute Gasteiger partial charge is 0.390 e. The van der Waals surface area contributed by atoms with Gasteiger partial charge in [0.2, 0.25) is 5.95 Å². The van der Waals surface area contributed by atoms with E-state index in [1.54, 1.807) is 10.4 Å². The van der Waals surface area contributed by atoms with Crippen molar-refractivity contribution in [1.82, 2.24) is 28.8 Å². The number of H-pyrrole nitrogens is 1. The van der Waals surface area contributed by atoms with Crippen molar-refractivity contribution in [1.29, 1.82) is 5.26 Å². The molecule has 3 aromatic heterocycles. The van der Waals surface area contributed by atoms with Crippen LogP contribution in [0.25, 0.3) is 10.2 Å². The van der Waals surface area contributed by atoms with Gasteiger partial charge in [-0.2, -0.15) is 32.4 Å². The van der Waals surface area contributed by atoms with Crippen molar-refractivity contribution in [3.63, 3.8) is 0 Å². The summed E-state index contributed by atoms with van der Waals surface area (Å²) in [5.74, 6) is 1.45. The summed E-state index contributed by atoms with van der Waals surface area (Å²) in [5, 5.41) is 34.8. The first kappa shape index (κ1) is 23.6. The maximum atomic E-state index is 13.3. The van der Waals surface area contributed by atoms with Crippen molar-refractivity contribution < 1.29 is 13.5 Å². The van der Waals surface area contributed by atoms with Crippen LogP contribution in [-0.4, -0.2) is 73.5 Å². The fourth-order valence-corrected chi connectivity index (χ4v) is 8.40. The van der Waals surface area contributed by atoms with Gasteiger partial charge in [0.05, 0.1) is 29.7 Å². The minimum absolute atomic E-state index is 0.0478. The van der Waals surface area contributed by atoms with Crippen LogP contribution in [-0.2, 0) is 16.8 Å². The molecule has 0 spiro atoms. The highest BCUT2D eigenvalue weighted by atomic mass is 32.2. The molecule has 3 saturated heterocycles. The van der Waals surface area contributed by atoms with Crippen molar-refractivity contribution >= 4 is 49.3 Å². The second kappa shape index (κ2) is 9.24. The number of aliphatic hydroxyl groups excluding tert-OH is 1. The highest BCUT2D eigenvalue weighted by Crippen LogP contribution is 2.39. The van der Waals surface area contributed by atoms with E-state index in [0.29, 0.717) is 36.1 Å². The number of thiophene rings is 1. The Morgan fingerprint density at radius 3 is 2.72 bits per heavy atom. The minimum Gasteiger partial charge on any atom is -0.390 e. The third-order valence-electron chi connectivity index (χ3n) is 7.24. The number of aromatic amines is 1. The van der Waals surface area contributed by atoms with Crippen LogP contribution < -0.4 is 10.6 Å². The smallest absolute Gasteiger partial charge is 0.282 e. The third-order valence-corrected chi connectivity index (χ3v) is 10.1. The number of hydrogen-bond donors (Lipinski definition) is 4. The van der Waals surface area contributed by atoms with Crippen LogP contribution in [0.4, 0.5) is 17.6 Å². The first-order chi connectivity index (χ1) is 17.4. The lowest BCUT2D eigenvalue weighted by Crippen LogP contribution is -2.63. The molecule has 190 valence electrons. The van der Waals surface area contributed by atoms with Crippen molar-refractivity contribution in [2.75, 3.05) is 23.7 Å². The second-order valence-corrected chi connectivity index (χ2v) is 12.4. The Bertz CT molecular complexity index is 1400. The molecule has 14 heteroatoms. The van der Waals surface area contributed by atoms with Crippen LogP contribution in [0.3, 0.4) is 0 Å². The van der Waals surface area contributed by atoms with E-state index in [-0.39, 0.29) is 43.7 Å². The monoisotopic (exact) mass is 529 g/mol. The average Bonchev–Trinajstić information content (AvgIpc) is 3.47. The zero-order chi connectivity index (χ0) is 24.9. The topological polar surface area (TPSA) is 163 Å². The quantitative estimate of drug-likeness (QED) is 0.359. The molecule has 3 aliphatic heterocycles. The maximum Gasteiger partial charge on any atom is 0.282 e. The molecule has 0 saturated carbocycles. The average molecular weight is 530 g/mol. The standard InChI is InChI=1S/C22H27N9O3S2/c23-9-13-10-30(11-13)36(33,34)31-16-2-1-3-17(31)7-14(6-16)24-22-26-20(18-4-5-35-21(18)27-22)25-19-8-15(12-32)28-29-19/h4-5,8,13-14,16-17,32H,1-3,6-7,10-12H2,(H3,24,25,26,27,28,29)/t14?,16-,17+. The molecular formula is C22H27N9O3S2. The fourth-order valence-electron chi connectivity index (χ4n) is 5.50. The molecule has 0 aromatic carbocycles. The Labute approximate surface area is 212 Å². The molecule has 2 bridgehead atoms. The molecular weight excluding hydrogens is 502 g/mol. The molecule has 0 aliphatic carbocycles. The number of nitriles is 1. The van der Waals surface area contributed by atoms with E-state index in [1.165, 1.54) is 15.6 Å². The van der Waals surface area contributed by atoms with E-state index in [1.807, 2.05) is 11.4 Å². The van der Waals surface area contributed by atoms with E-state index in [0.717, 1.165) is 29.5 Å². The molecule has 4 N–H and O–H groups in total. The number of aliphatic hydroxyl groups is 1. The van der Waals surface area contributed by atoms with Crippen molar-refractivity contribution in [2.24, 2.45) is 5.92 Å². The number of piperidine rings is 2. The highest BCUT2D eigenvalue weighted by molar-refractivity contribution is 7.86. The molecule has 3 atom stereocenters. The summed E-state index contributed by atoms with van der Waals surface area (Å²) in [6.45, 7) is 0.444. The molecule has 6 heterocycles. The summed E-state index contributed by atoms with van der Waals surface area (Å²) in [4.78, 5) is 10.2. The van der Waals surface area contributed by atoms with E-state index in [9.17, 15) is 13.5 Å². The van der Waals surface area contributed by atoms with E-state index >= 15 is 0 Å². The molecule has 1 unspecified atom stereocenters. The molecule has 6 rings (SSSR count). The van der Waals surface area contributed by atoms with Crippen LogP contribution in [0.1, 0.15) is 37.8 Å². The third kappa shape index (κ3) is 4.20. The number of aromatic nitrogens is 4. The lowest BCUT2D eigenvalue weighted by molar-refractivity contribution is 0.0983. The molecule has 36 heavy (non-hydrogen) atoms. The summed E-state index contributed by atoms with van der Waals surface area (Å²) in [6.07, 6.45) is 4.03. The number of hydrogen-bond acceptors (Lipinski definition) is 10. The number of fused-ring (bicyclic) bond motifs is 3. The Morgan fingerprint density at radius 1 is 1.25 bits per heavy atom. The van der Waals surface area contributed by atoms with E-state index in [4.69, 9.17) is 15.2 Å². The van der Waals surface area contributed by atoms with Crippen molar-refractivity contribution in [3.8, 4) is 6.07 Å². The summed E-state index contributed by atoms with van der Waals surface area (Å²) in [6, 6.07) is 5.72. The van der Waals surface area contributed by atoms with Gasteiger partial charge in [-0.1, -0.05) is 6.42 Å².